The summed E-state index contributed by atoms with van der Waals surface area (Å²) in [6.07, 6.45) is 2.72. The van der Waals surface area contributed by atoms with Crippen molar-refractivity contribution >= 4 is 34.2 Å². The third-order valence-electron chi connectivity index (χ3n) is 2.89. The third-order valence-corrected chi connectivity index (χ3v) is 3.61. The molecular formula is C13H8Cl2FN3. The summed E-state index contributed by atoms with van der Waals surface area (Å²) in [6, 6.07) is 4.81. The van der Waals surface area contributed by atoms with E-state index in [9.17, 15) is 4.39 Å². The maximum atomic E-state index is 13.2. The lowest BCUT2D eigenvalue weighted by Gasteiger charge is -2.02. The minimum Gasteiger partial charge on any atom is -0.327 e. The summed E-state index contributed by atoms with van der Waals surface area (Å²) >= 11 is 12.0. The fraction of sp³-hybridized carbons (Fsp3) is 0.0769. The highest BCUT2D eigenvalue weighted by Crippen LogP contribution is 2.30. The zero-order valence-corrected chi connectivity index (χ0v) is 11.4. The number of nitrogens with zero attached hydrogens (tertiary/aromatic N) is 3. The summed E-state index contributed by atoms with van der Waals surface area (Å²) in [5.74, 6) is 0.209. The molecule has 0 spiro atoms. The van der Waals surface area contributed by atoms with Crippen LogP contribution in [0.3, 0.4) is 0 Å². The standard InChI is InChI=1S/C13H8Cl2FN3/c1-19-12-4-10(15)9(14)3-11(12)18-13(19)7-2-8(16)6-17-5-7/h2-6H,1H3. The smallest absolute Gasteiger partial charge is 0.142 e. The lowest BCUT2D eigenvalue weighted by Crippen LogP contribution is -1.93. The molecule has 6 heteroatoms. The Hall–Kier alpha value is -1.65. The number of hydrogen-bond donors (Lipinski definition) is 0. The van der Waals surface area contributed by atoms with Gasteiger partial charge in [-0.15, -0.1) is 0 Å². The van der Waals surface area contributed by atoms with Crippen LogP contribution in [-0.4, -0.2) is 14.5 Å². The van der Waals surface area contributed by atoms with Gasteiger partial charge in [-0.25, -0.2) is 9.37 Å². The van der Waals surface area contributed by atoms with Gasteiger partial charge < -0.3 is 4.57 Å². The molecule has 0 saturated heterocycles. The van der Waals surface area contributed by atoms with Crippen LogP contribution in [0.25, 0.3) is 22.4 Å². The first-order valence-corrected chi connectivity index (χ1v) is 6.24. The van der Waals surface area contributed by atoms with E-state index in [2.05, 4.69) is 9.97 Å². The number of aromatic nitrogens is 3. The molecule has 3 aromatic rings. The first kappa shape index (κ1) is 12.4. The maximum absolute atomic E-state index is 13.2. The van der Waals surface area contributed by atoms with E-state index in [1.165, 1.54) is 6.07 Å². The van der Waals surface area contributed by atoms with Crippen LogP contribution in [0.15, 0.2) is 30.6 Å². The van der Waals surface area contributed by atoms with Gasteiger partial charge in [0.15, 0.2) is 0 Å². The zero-order valence-electron chi connectivity index (χ0n) is 9.86. The Bertz CT molecular complexity index is 783. The molecule has 0 amide bonds. The number of pyridine rings is 1. The molecule has 3 nitrogen and oxygen atoms in total. The van der Waals surface area contributed by atoms with Crippen LogP contribution in [-0.2, 0) is 7.05 Å². The molecule has 96 valence electrons. The van der Waals surface area contributed by atoms with E-state index in [0.29, 0.717) is 26.9 Å². The molecule has 1 aromatic carbocycles. The van der Waals surface area contributed by atoms with Crippen molar-refractivity contribution in [2.75, 3.05) is 0 Å². The molecule has 2 heterocycles. The number of rotatable bonds is 1. The molecule has 0 saturated carbocycles. The highest BCUT2D eigenvalue weighted by molar-refractivity contribution is 6.42. The van der Waals surface area contributed by atoms with Crippen LogP contribution < -0.4 is 0 Å². The second-order valence-corrected chi connectivity index (χ2v) is 4.96. The van der Waals surface area contributed by atoms with Crippen LogP contribution >= 0.6 is 23.2 Å². The van der Waals surface area contributed by atoms with Gasteiger partial charge in [-0.2, -0.15) is 0 Å². The van der Waals surface area contributed by atoms with Crippen molar-refractivity contribution in [1.29, 1.82) is 0 Å². The largest absolute Gasteiger partial charge is 0.327 e. The Morgan fingerprint density at radius 2 is 1.84 bits per heavy atom. The van der Waals surface area contributed by atoms with E-state index >= 15 is 0 Å². The minimum atomic E-state index is -0.402. The van der Waals surface area contributed by atoms with E-state index in [0.717, 1.165) is 11.7 Å². The normalized spacial score (nSPS) is 11.2. The number of benzene rings is 1. The number of halogens is 3. The molecule has 2 aromatic heterocycles. The van der Waals surface area contributed by atoms with Gasteiger partial charge in [0.1, 0.15) is 11.6 Å². The summed E-state index contributed by atoms with van der Waals surface area (Å²) in [5, 5.41) is 0.900. The summed E-state index contributed by atoms with van der Waals surface area (Å²) in [6.45, 7) is 0. The highest BCUT2D eigenvalue weighted by atomic mass is 35.5. The molecule has 0 bridgehead atoms. The second-order valence-electron chi connectivity index (χ2n) is 4.14. The Balaban J connectivity index is 2.28. The molecule has 0 fully saturated rings. The summed E-state index contributed by atoms with van der Waals surface area (Å²) in [7, 11) is 1.83. The van der Waals surface area contributed by atoms with Gasteiger partial charge in [0, 0.05) is 18.8 Å². The number of hydrogen-bond acceptors (Lipinski definition) is 2. The fourth-order valence-corrected chi connectivity index (χ4v) is 2.30. The van der Waals surface area contributed by atoms with E-state index in [1.807, 2.05) is 11.6 Å². The quantitative estimate of drug-likeness (QED) is 0.677. The maximum Gasteiger partial charge on any atom is 0.142 e. The number of fused-ring (bicyclic) bond motifs is 1. The van der Waals surface area contributed by atoms with Crippen molar-refractivity contribution < 1.29 is 4.39 Å². The summed E-state index contributed by atoms with van der Waals surface area (Å²) in [4.78, 5) is 8.27. The molecule has 0 atom stereocenters. The molecule has 0 radical (unpaired) electrons. The van der Waals surface area contributed by atoms with E-state index in [4.69, 9.17) is 23.2 Å². The molecule has 0 aliphatic rings. The lowest BCUT2D eigenvalue weighted by molar-refractivity contribution is 0.621. The van der Waals surface area contributed by atoms with Crippen LogP contribution in [0.2, 0.25) is 10.0 Å². The molecular weight excluding hydrogens is 288 g/mol. The van der Waals surface area contributed by atoms with Crippen LogP contribution in [0, 0.1) is 5.82 Å². The van der Waals surface area contributed by atoms with Crippen molar-refractivity contribution in [2.45, 2.75) is 0 Å². The van der Waals surface area contributed by atoms with E-state index in [1.54, 1.807) is 18.3 Å². The molecule has 0 aliphatic heterocycles. The van der Waals surface area contributed by atoms with Crippen LogP contribution in [0.5, 0.6) is 0 Å². The number of imidazole rings is 1. The second kappa shape index (κ2) is 4.47. The van der Waals surface area contributed by atoms with E-state index in [-0.39, 0.29) is 0 Å². The lowest BCUT2D eigenvalue weighted by atomic mass is 10.2. The average molecular weight is 296 g/mol. The van der Waals surface area contributed by atoms with Gasteiger partial charge in [0.25, 0.3) is 0 Å². The third kappa shape index (κ3) is 2.07. The molecule has 0 unspecified atom stereocenters. The Morgan fingerprint density at radius 1 is 1.11 bits per heavy atom. The highest BCUT2D eigenvalue weighted by Gasteiger charge is 2.12. The van der Waals surface area contributed by atoms with Gasteiger partial charge in [-0.05, 0) is 18.2 Å². The van der Waals surface area contributed by atoms with Gasteiger partial charge in [-0.3, -0.25) is 4.98 Å². The fourth-order valence-electron chi connectivity index (χ4n) is 1.98. The van der Waals surface area contributed by atoms with Crippen molar-refractivity contribution in [1.82, 2.24) is 14.5 Å². The zero-order chi connectivity index (χ0) is 13.6. The van der Waals surface area contributed by atoms with Crippen LogP contribution in [0.1, 0.15) is 0 Å². The predicted octanol–water partition coefficient (Wildman–Crippen LogP) is 4.08. The topological polar surface area (TPSA) is 30.7 Å². The Morgan fingerprint density at radius 3 is 2.58 bits per heavy atom. The molecule has 0 N–H and O–H groups in total. The Kier molecular flexibility index (Phi) is 2.92. The van der Waals surface area contributed by atoms with Gasteiger partial charge in [0.05, 0.1) is 27.3 Å². The van der Waals surface area contributed by atoms with Crippen LogP contribution in [0.4, 0.5) is 4.39 Å². The van der Waals surface area contributed by atoms with E-state index < -0.39 is 5.82 Å². The summed E-state index contributed by atoms with van der Waals surface area (Å²) < 4.78 is 15.1. The average Bonchev–Trinajstić information content (AvgIpc) is 2.68. The van der Waals surface area contributed by atoms with Crippen molar-refractivity contribution in [2.24, 2.45) is 7.05 Å². The molecule has 19 heavy (non-hydrogen) atoms. The monoisotopic (exact) mass is 295 g/mol. The van der Waals surface area contributed by atoms with Gasteiger partial charge >= 0.3 is 0 Å². The minimum absolute atomic E-state index is 0.402. The van der Waals surface area contributed by atoms with Crippen molar-refractivity contribution in [3.8, 4) is 11.4 Å². The SMILES string of the molecule is Cn1c(-c2cncc(F)c2)nc2cc(Cl)c(Cl)cc21. The van der Waals surface area contributed by atoms with Crippen molar-refractivity contribution in [3.63, 3.8) is 0 Å². The summed E-state index contributed by atoms with van der Waals surface area (Å²) in [5.41, 5.74) is 2.13. The molecule has 0 aliphatic carbocycles. The predicted molar refractivity (Wildman–Crippen MR) is 73.9 cm³/mol. The first-order chi connectivity index (χ1) is 9.06. The number of aryl methyl sites for hydroxylation is 1. The van der Waals surface area contributed by atoms with Crippen molar-refractivity contribution in [3.05, 3.63) is 46.5 Å². The van der Waals surface area contributed by atoms with Gasteiger partial charge in [-0.1, -0.05) is 23.2 Å². The van der Waals surface area contributed by atoms with Gasteiger partial charge in [0.2, 0.25) is 0 Å². The first-order valence-electron chi connectivity index (χ1n) is 5.48. The Labute approximate surface area is 118 Å². The molecule has 3 rings (SSSR count).